The van der Waals surface area contributed by atoms with Gasteiger partial charge in [0.1, 0.15) is 17.6 Å². The topological polar surface area (TPSA) is 126 Å². The van der Waals surface area contributed by atoms with Crippen molar-refractivity contribution in [3.8, 4) is 0 Å². The van der Waals surface area contributed by atoms with Crippen LogP contribution in [-0.2, 0) is 10.7 Å². The molecule has 1 heterocycles. The SMILES string of the molecule is CC(O)(CNc1cc(C(F)(F)C(F)(F)F)ncc1[N+](=O)[O-])C(=O)O. The van der Waals surface area contributed by atoms with Crippen molar-refractivity contribution in [3.05, 3.63) is 28.1 Å². The van der Waals surface area contributed by atoms with E-state index < -0.39 is 52.2 Å². The number of hydrogen-bond donors (Lipinski definition) is 3. The third-order valence-corrected chi connectivity index (χ3v) is 2.84. The lowest BCUT2D eigenvalue weighted by atomic mass is 10.1. The fraction of sp³-hybridized carbons (Fsp3) is 0.455. The maximum Gasteiger partial charge on any atom is 0.459 e. The Morgan fingerprint density at radius 1 is 1.38 bits per heavy atom. The van der Waals surface area contributed by atoms with Crippen molar-refractivity contribution < 1.29 is 41.9 Å². The van der Waals surface area contributed by atoms with Crippen LogP contribution in [0.15, 0.2) is 12.3 Å². The van der Waals surface area contributed by atoms with Gasteiger partial charge in [0.05, 0.1) is 11.5 Å². The Kier molecular flexibility index (Phi) is 4.99. The van der Waals surface area contributed by atoms with E-state index >= 15 is 0 Å². The third kappa shape index (κ3) is 3.84. The minimum absolute atomic E-state index is 0.0730. The van der Waals surface area contributed by atoms with Crippen molar-refractivity contribution in [2.45, 2.75) is 24.6 Å². The van der Waals surface area contributed by atoms with Gasteiger partial charge in [-0.3, -0.25) is 10.1 Å². The number of aliphatic carboxylic acids is 1. The van der Waals surface area contributed by atoms with E-state index in [-0.39, 0.29) is 12.3 Å². The van der Waals surface area contributed by atoms with Crippen LogP contribution in [0.1, 0.15) is 12.6 Å². The van der Waals surface area contributed by atoms with Crippen molar-refractivity contribution in [2.75, 3.05) is 11.9 Å². The molecule has 24 heavy (non-hydrogen) atoms. The average molecular weight is 359 g/mol. The second-order valence-electron chi connectivity index (χ2n) is 4.85. The summed E-state index contributed by atoms with van der Waals surface area (Å²) in [5, 5.41) is 30.9. The molecule has 13 heteroatoms. The van der Waals surface area contributed by atoms with Gasteiger partial charge in [0.25, 0.3) is 0 Å². The summed E-state index contributed by atoms with van der Waals surface area (Å²) >= 11 is 0. The number of rotatable bonds is 6. The Morgan fingerprint density at radius 2 is 1.92 bits per heavy atom. The van der Waals surface area contributed by atoms with E-state index in [1.165, 1.54) is 0 Å². The molecule has 0 radical (unpaired) electrons. The average Bonchev–Trinajstić information content (AvgIpc) is 2.43. The number of halogens is 5. The van der Waals surface area contributed by atoms with E-state index in [0.717, 1.165) is 6.92 Å². The van der Waals surface area contributed by atoms with Crippen LogP contribution in [0.2, 0.25) is 0 Å². The number of carboxylic acid groups (broad SMARTS) is 1. The van der Waals surface area contributed by atoms with Crippen LogP contribution < -0.4 is 5.32 Å². The molecule has 0 saturated heterocycles. The molecule has 8 nitrogen and oxygen atoms in total. The molecule has 134 valence electrons. The lowest BCUT2D eigenvalue weighted by molar-refractivity contribution is -0.384. The summed E-state index contributed by atoms with van der Waals surface area (Å²) in [5.74, 6) is -7.12. The number of aliphatic hydroxyl groups is 1. The number of anilines is 1. The molecule has 1 aromatic heterocycles. The van der Waals surface area contributed by atoms with Crippen LogP contribution in [0.5, 0.6) is 0 Å². The van der Waals surface area contributed by atoms with Gasteiger partial charge in [-0.05, 0) is 13.0 Å². The molecule has 1 atom stereocenters. The van der Waals surface area contributed by atoms with E-state index in [2.05, 4.69) is 4.98 Å². The predicted molar refractivity (Wildman–Crippen MR) is 67.6 cm³/mol. The summed E-state index contributed by atoms with van der Waals surface area (Å²) in [6.07, 6.45) is -5.81. The first-order valence-corrected chi connectivity index (χ1v) is 5.99. The Labute approximate surface area is 130 Å². The highest BCUT2D eigenvalue weighted by atomic mass is 19.4. The van der Waals surface area contributed by atoms with Crippen LogP contribution in [-0.4, -0.2) is 44.4 Å². The van der Waals surface area contributed by atoms with Gasteiger partial charge in [-0.15, -0.1) is 0 Å². The van der Waals surface area contributed by atoms with Gasteiger partial charge in [0, 0.05) is 0 Å². The number of nitro groups is 1. The highest BCUT2D eigenvalue weighted by molar-refractivity contribution is 5.77. The lowest BCUT2D eigenvalue weighted by Gasteiger charge is -2.21. The van der Waals surface area contributed by atoms with Crippen LogP contribution in [0.25, 0.3) is 0 Å². The number of nitrogens with zero attached hydrogens (tertiary/aromatic N) is 2. The molecule has 1 unspecified atom stereocenters. The van der Waals surface area contributed by atoms with Crippen LogP contribution in [0.3, 0.4) is 0 Å². The van der Waals surface area contributed by atoms with Gasteiger partial charge in [0.2, 0.25) is 0 Å². The minimum Gasteiger partial charge on any atom is -0.479 e. The third-order valence-electron chi connectivity index (χ3n) is 2.84. The first-order valence-electron chi connectivity index (χ1n) is 5.99. The van der Waals surface area contributed by atoms with E-state index in [0.29, 0.717) is 0 Å². The molecule has 0 aliphatic heterocycles. The van der Waals surface area contributed by atoms with Gasteiger partial charge >= 0.3 is 23.8 Å². The Balaban J connectivity index is 3.29. The van der Waals surface area contributed by atoms with Gasteiger partial charge in [-0.2, -0.15) is 22.0 Å². The van der Waals surface area contributed by atoms with Gasteiger partial charge in [0.15, 0.2) is 5.60 Å². The zero-order valence-corrected chi connectivity index (χ0v) is 11.8. The molecular formula is C11H10F5N3O5. The number of pyridine rings is 1. The number of carboxylic acids is 1. The maximum absolute atomic E-state index is 13.2. The summed E-state index contributed by atoms with van der Waals surface area (Å²) in [4.78, 5) is 23.1. The Morgan fingerprint density at radius 3 is 2.33 bits per heavy atom. The van der Waals surface area contributed by atoms with Crippen LogP contribution >= 0.6 is 0 Å². The molecule has 0 bridgehead atoms. The zero-order valence-electron chi connectivity index (χ0n) is 11.8. The summed E-state index contributed by atoms with van der Waals surface area (Å²) in [6, 6.07) is 0.0730. The Hall–Kier alpha value is -2.57. The second kappa shape index (κ2) is 6.14. The van der Waals surface area contributed by atoms with E-state index in [9.17, 15) is 42.0 Å². The fourth-order valence-electron chi connectivity index (χ4n) is 1.40. The normalized spacial score (nSPS) is 14.8. The molecule has 0 fully saturated rings. The molecule has 1 rings (SSSR count). The van der Waals surface area contributed by atoms with Crippen molar-refractivity contribution in [3.63, 3.8) is 0 Å². The molecule has 1 aromatic rings. The summed E-state index contributed by atoms with van der Waals surface area (Å²) in [5.41, 5.74) is -6.10. The minimum atomic E-state index is -5.99. The first-order chi connectivity index (χ1) is 10.7. The summed E-state index contributed by atoms with van der Waals surface area (Å²) in [7, 11) is 0. The zero-order chi connectivity index (χ0) is 18.9. The van der Waals surface area contributed by atoms with E-state index in [1.807, 2.05) is 5.32 Å². The van der Waals surface area contributed by atoms with E-state index in [1.54, 1.807) is 0 Å². The highest BCUT2D eigenvalue weighted by Gasteiger charge is 2.60. The lowest BCUT2D eigenvalue weighted by Crippen LogP contribution is -2.42. The standard InChI is InChI=1S/C11H10F5N3O5/c1-9(22,8(20)21)4-18-5-2-7(10(12,13)11(14,15)16)17-3-6(5)19(23)24/h2-3,22H,4H2,1H3,(H,17,18)(H,20,21). The van der Waals surface area contributed by atoms with Gasteiger partial charge in [-0.25, -0.2) is 9.78 Å². The molecular weight excluding hydrogens is 349 g/mol. The number of aromatic nitrogens is 1. The smallest absolute Gasteiger partial charge is 0.459 e. The second-order valence-corrected chi connectivity index (χ2v) is 4.85. The molecule has 0 saturated carbocycles. The highest BCUT2D eigenvalue weighted by Crippen LogP contribution is 2.44. The number of nitrogens with one attached hydrogen (secondary N) is 1. The molecule has 0 aliphatic carbocycles. The first kappa shape index (κ1) is 19.5. The Bertz CT molecular complexity index is 662. The van der Waals surface area contributed by atoms with Crippen LogP contribution in [0.4, 0.5) is 33.3 Å². The summed E-state index contributed by atoms with van der Waals surface area (Å²) in [6.45, 7) is -0.106. The predicted octanol–water partition coefficient (Wildman–Crippen LogP) is 1.89. The molecule has 3 N–H and O–H groups in total. The monoisotopic (exact) mass is 359 g/mol. The van der Waals surface area contributed by atoms with Crippen molar-refractivity contribution in [2.24, 2.45) is 0 Å². The van der Waals surface area contributed by atoms with Crippen molar-refractivity contribution >= 4 is 17.3 Å². The largest absolute Gasteiger partial charge is 0.479 e. The molecule has 0 aliphatic rings. The van der Waals surface area contributed by atoms with E-state index in [4.69, 9.17) is 5.11 Å². The van der Waals surface area contributed by atoms with Gasteiger partial charge in [-0.1, -0.05) is 0 Å². The van der Waals surface area contributed by atoms with Crippen molar-refractivity contribution in [1.29, 1.82) is 0 Å². The van der Waals surface area contributed by atoms with Crippen LogP contribution in [0, 0.1) is 10.1 Å². The maximum atomic E-state index is 13.2. The number of carbonyl (C=O) groups is 1. The quantitative estimate of drug-likeness (QED) is 0.402. The van der Waals surface area contributed by atoms with Gasteiger partial charge < -0.3 is 15.5 Å². The molecule has 0 amide bonds. The number of hydrogen-bond acceptors (Lipinski definition) is 6. The fourth-order valence-corrected chi connectivity index (χ4v) is 1.40. The number of alkyl halides is 5. The summed E-state index contributed by atoms with van der Waals surface area (Å²) < 4.78 is 63.5. The van der Waals surface area contributed by atoms with Crippen molar-refractivity contribution in [1.82, 2.24) is 4.98 Å². The molecule has 0 spiro atoms. The molecule has 0 aromatic carbocycles.